The molecule has 0 saturated carbocycles. The Hall–Kier alpha value is -1.59. The lowest BCUT2D eigenvalue weighted by Gasteiger charge is -2.22. The van der Waals surface area contributed by atoms with E-state index < -0.39 is 0 Å². The maximum atomic E-state index is 12.1. The van der Waals surface area contributed by atoms with Crippen molar-refractivity contribution < 1.29 is 9.59 Å². The fourth-order valence-corrected chi connectivity index (χ4v) is 2.38. The predicted octanol–water partition coefficient (Wildman–Crippen LogP) is 1.20. The highest BCUT2D eigenvalue weighted by Crippen LogP contribution is 2.09. The molecule has 5 nitrogen and oxygen atoms in total. The number of hydrogen-bond donors (Lipinski definition) is 3. The number of carbonyl (C=O) groups excluding carboxylic acids is 2. The van der Waals surface area contributed by atoms with Crippen molar-refractivity contribution in [3.63, 3.8) is 0 Å². The molecule has 2 rings (SSSR count). The second-order valence-corrected chi connectivity index (χ2v) is 5.08. The second-order valence-electron chi connectivity index (χ2n) is 5.08. The van der Waals surface area contributed by atoms with E-state index in [9.17, 15) is 9.59 Å². The van der Waals surface area contributed by atoms with Gasteiger partial charge in [-0.1, -0.05) is 6.07 Å². The van der Waals surface area contributed by atoms with E-state index in [1.165, 1.54) is 0 Å². The van der Waals surface area contributed by atoms with Crippen LogP contribution in [-0.2, 0) is 0 Å². The summed E-state index contributed by atoms with van der Waals surface area (Å²) in [6.07, 6.45) is 2.30. The molecule has 0 bridgehead atoms. The summed E-state index contributed by atoms with van der Waals surface area (Å²) in [5.74, 6) is 0.187. The highest BCUT2D eigenvalue weighted by molar-refractivity contribution is 5.99. The summed E-state index contributed by atoms with van der Waals surface area (Å²) in [5, 5.41) is 8.82. The molecule has 1 aromatic carbocycles. The van der Waals surface area contributed by atoms with Crippen LogP contribution in [0.5, 0.6) is 0 Å². The average Bonchev–Trinajstić information content (AvgIpc) is 2.53. The zero-order chi connectivity index (χ0) is 14.4. The van der Waals surface area contributed by atoms with E-state index in [1.807, 2.05) is 0 Å². The number of amides is 2. The van der Waals surface area contributed by atoms with Gasteiger partial charge in [0.05, 0.1) is 0 Å². The molecule has 1 saturated heterocycles. The van der Waals surface area contributed by atoms with Gasteiger partial charge < -0.3 is 16.0 Å². The zero-order valence-corrected chi connectivity index (χ0v) is 13.0. The number of halogens is 1. The smallest absolute Gasteiger partial charge is 0.251 e. The molecule has 6 heteroatoms. The van der Waals surface area contributed by atoms with Gasteiger partial charge in [-0.25, -0.2) is 0 Å². The largest absolute Gasteiger partial charge is 0.355 e. The second kappa shape index (κ2) is 8.64. The Morgan fingerprint density at radius 3 is 2.62 bits per heavy atom. The Balaban J connectivity index is 0.00000220. The number of nitrogens with one attached hydrogen (secondary N) is 3. The van der Waals surface area contributed by atoms with E-state index in [2.05, 4.69) is 16.0 Å². The molecule has 3 N–H and O–H groups in total. The van der Waals surface area contributed by atoms with Crippen molar-refractivity contribution in [3.05, 3.63) is 35.4 Å². The maximum absolute atomic E-state index is 12.1. The summed E-state index contributed by atoms with van der Waals surface area (Å²) in [6, 6.07) is 6.76. The molecule has 1 atom stereocenters. The van der Waals surface area contributed by atoms with Gasteiger partial charge in [0.1, 0.15) is 0 Å². The molecule has 1 heterocycles. The van der Waals surface area contributed by atoms with Crippen LogP contribution in [-0.4, -0.2) is 38.5 Å². The Bertz CT molecular complexity index is 488. The van der Waals surface area contributed by atoms with E-state index in [0.717, 1.165) is 25.9 Å². The molecular weight excluding hydrogens is 290 g/mol. The minimum atomic E-state index is -0.184. The Labute approximate surface area is 131 Å². The third-order valence-electron chi connectivity index (χ3n) is 3.56. The minimum absolute atomic E-state index is 0. The van der Waals surface area contributed by atoms with Crippen molar-refractivity contribution in [1.82, 2.24) is 16.0 Å². The lowest BCUT2D eigenvalue weighted by molar-refractivity contribution is 0.0945. The van der Waals surface area contributed by atoms with Crippen LogP contribution in [0.4, 0.5) is 0 Å². The van der Waals surface area contributed by atoms with Crippen molar-refractivity contribution in [2.75, 3.05) is 26.7 Å². The summed E-state index contributed by atoms with van der Waals surface area (Å²) >= 11 is 0. The number of piperidine rings is 1. The Kier molecular flexibility index (Phi) is 7.19. The van der Waals surface area contributed by atoms with Crippen LogP contribution in [0.15, 0.2) is 24.3 Å². The van der Waals surface area contributed by atoms with E-state index in [-0.39, 0.29) is 24.2 Å². The predicted molar refractivity (Wildman–Crippen MR) is 85.0 cm³/mol. The van der Waals surface area contributed by atoms with Crippen LogP contribution < -0.4 is 16.0 Å². The molecular formula is C15H22ClN3O2. The van der Waals surface area contributed by atoms with Gasteiger partial charge in [0, 0.05) is 24.7 Å². The van der Waals surface area contributed by atoms with Crippen LogP contribution in [0.1, 0.15) is 33.6 Å². The molecule has 2 amide bonds. The van der Waals surface area contributed by atoms with Gasteiger partial charge in [0.25, 0.3) is 11.8 Å². The molecule has 1 fully saturated rings. The molecule has 116 valence electrons. The third-order valence-corrected chi connectivity index (χ3v) is 3.56. The standard InChI is InChI=1S/C15H21N3O2.ClH/c1-16-14(19)12-5-2-6-13(8-12)15(20)18-10-11-4-3-7-17-9-11;/h2,5-6,8,11,17H,3-4,7,9-10H2,1H3,(H,16,19)(H,18,20);1H. The van der Waals surface area contributed by atoms with Crippen LogP contribution in [0.2, 0.25) is 0 Å². The SMILES string of the molecule is CNC(=O)c1cccc(C(=O)NCC2CCCNC2)c1.Cl. The van der Waals surface area contributed by atoms with Crippen LogP contribution in [0.25, 0.3) is 0 Å². The quantitative estimate of drug-likeness (QED) is 0.782. The number of hydrogen-bond acceptors (Lipinski definition) is 3. The topological polar surface area (TPSA) is 70.2 Å². The summed E-state index contributed by atoms with van der Waals surface area (Å²) in [7, 11) is 1.57. The molecule has 1 unspecified atom stereocenters. The summed E-state index contributed by atoms with van der Waals surface area (Å²) in [4.78, 5) is 23.6. The maximum Gasteiger partial charge on any atom is 0.251 e. The van der Waals surface area contributed by atoms with Crippen molar-refractivity contribution in [2.24, 2.45) is 5.92 Å². The Morgan fingerprint density at radius 1 is 1.29 bits per heavy atom. The first kappa shape index (κ1) is 17.5. The minimum Gasteiger partial charge on any atom is -0.355 e. The molecule has 0 aromatic heterocycles. The van der Waals surface area contributed by atoms with Crippen LogP contribution >= 0.6 is 12.4 Å². The number of rotatable bonds is 4. The van der Waals surface area contributed by atoms with Gasteiger partial charge in [-0.2, -0.15) is 0 Å². The summed E-state index contributed by atoms with van der Waals surface area (Å²) in [6.45, 7) is 2.70. The first-order valence-electron chi connectivity index (χ1n) is 7.02. The summed E-state index contributed by atoms with van der Waals surface area (Å²) in [5.41, 5.74) is 1.02. The number of carbonyl (C=O) groups is 2. The fraction of sp³-hybridized carbons (Fsp3) is 0.467. The normalized spacial score (nSPS) is 17.5. The fourth-order valence-electron chi connectivity index (χ4n) is 2.38. The van der Waals surface area contributed by atoms with Gasteiger partial charge in [-0.15, -0.1) is 12.4 Å². The molecule has 0 spiro atoms. The lowest BCUT2D eigenvalue weighted by Crippen LogP contribution is -2.38. The van der Waals surface area contributed by atoms with E-state index in [4.69, 9.17) is 0 Å². The van der Waals surface area contributed by atoms with Crippen LogP contribution in [0, 0.1) is 5.92 Å². The third kappa shape index (κ3) is 5.02. The van der Waals surface area contributed by atoms with Gasteiger partial charge >= 0.3 is 0 Å². The molecule has 1 aliphatic rings. The van der Waals surface area contributed by atoms with Gasteiger partial charge in [0.15, 0.2) is 0 Å². The van der Waals surface area contributed by atoms with E-state index in [1.54, 1.807) is 31.3 Å². The lowest BCUT2D eigenvalue weighted by atomic mass is 9.99. The van der Waals surface area contributed by atoms with Gasteiger partial charge in [-0.3, -0.25) is 9.59 Å². The zero-order valence-electron chi connectivity index (χ0n) is 12.1. The van der Waals surface area contributed by atoms with Crippen molar-refractivity contribution in [2.45, 2.75) is 12.8 Å². The summed E-state index contributed by atoms with van der Waals surface area (Å²) < 4.78 is 0. The van der Waals surface area contributed by atoms with E-state index >= 15 is 0 Å². The first-order chi connectivity index (χ1) is 9.70. The molecule has 0 aliphatic carbocycles. The first-order valence-corrected chi connectivity index (χ1v) is 7.02. The average molecular weight is 312 g/mol. The molecule has 1 aromatic rings. The van der Waals surface area contributed by atoms with Crippen molar-refractivity contribution in [3.8, 4) is 0 Å². The Morgan fingerprint density at radius 2 is 2.00 bits per heavy atom. The highest BCUT2D eigenvalue weighted by Gasteiger charge is 2.15. The van der Waals surface area contributed by atoms with Gasteiger partial charge in [-0.05, 0) is 50.0 Å². The van der Waals surface area contributed by atoms with E-state index in [0.29, 0.717) is 23.6 Å². The van der Waals surface area contributed by atoms with Crippen molar-refractivity contribution in [1.29, 1.82) is 0 Å². The van der Waals surface area contributed by atoms with Crippen LogP contribution in [0.3, 0.4) is 0 Å². The molecule has 0 radical (unpaired) electrons. The molecule has 1 aliphatic heterocycles. The molecule has 21 heavy (non-hydrogen) atoms. The highest BCUT2D eigenvalue weighted by atomic mass is 35.5. The van der Waals surface area contributed by atoms with Gasteiger partial charge in [0.2, 0.25) is 0 Å². The monoisotopic (exact) mass is 311 g/mol. The number of benzene rings is 1. The van der Waals surface area contributed by atoms with Crippen molar-refractivity contribution >= 4 is 24.2 Å².